The first-order chi connectivity index (χ1) is 10.9. The van der Waals surface area contributed by atoms with Crippen molar-refractivity contribution in [1.82, 2.24) is 15.1 Å². The maximum Gasteiger partial charge on any atom is 0.228 e. The predicted molar refractivity (Wildman–Crippen MR) is 90.6 cm³/mol. The van der Waals surface area contributed by atoms with E-state index in [1.165, 1.54) is 12.1 Å². The van der Waals surface area contributed by atoms with Crippen LogP contribution in [0.4, 0.5) is 4.39 Å². The first kappa shape index (κ1) is 17.9. The zero-order valence-electron chi connectivity index (χ0n) is 14.4. The van der Waals surface area contributed by atoms with Crippen LogP contribution in [0.3, 0.4) is 0 Å². The van der Waals surface area contributed by atoms with E-state index in [4.69, 9.17) is 0 Å². The van der Waals surface area contributed by atoms with E-state index in [1.807, 2.05) is 25.7 Å². The van der Waals surface area contributed by atoms with Gasteiger partial charge in [0.15, 0.2) is 0 Å². The molecule has 1 aliphatic heterocycles. The van der Waals surface area contributed by atoms with Crippen molar-refractivity contribution < 1.29 is 9.18 Å². The van der Waals surface area contributed by atoms with Gasteiger partial charge in [-0.05, 0) is 17.7 Å². The molecule has 1 N–H and O–H groups in total. The van der Waals surface area contributed by atoms with Gasteiger partial charge in [0.2, 0.25) is 5.91 Å². The summed E-state index contributed by atoms with van der Waals surface area (Å²) in [6.07, 6.45) is 0. The minimum Gasteiger partial charge on any atom is -0.337 e. The Labute approximate surface area is 138 Å². The van der Waals surface area contributed by atoms with Crippen molar-refractivity contribution in [3.63, 3.8) is 0 Å². The molecule has 1 aliphatic rings. The number of carbonyl (C=O) groups excluding carboxylic acids is 1. The normalized spacial score (nSPS) is 16.3. The lowest BCUT2D eigenvalue weighted by molar-refractivity contribution is -0.140. The third-order valence-electron chi connectivity index (χ3n) is 4.11. The Hall–Kier alpha value is -1.46. The summed E-state index contributed by atoms with van der Waals surface area (Å²) in [5, 5.41) is 3.34. The van der Waals surface area contributed by atoms with Crippen LogP contribution in [0.2, 0.25) is 0 Å². The molecule has 1 fully saturated rings. The molecular weight excluding hydrogens is 293 g/mol. The number of hydrogen-bond acceptors (Lipinski definition) is 3. The van der Waals surface area contributed by atoms with Gasteiger partial charge >= 0.3 is 0 Å². The second kappa shape index (κ2) is 7.88. The lowest BCUT2D eigenvalue weighted by Crippen LogP contribution is -2.48. The number of piperazine rings is 1. The van der Waals surface area contributed by atoms with Crippen molar-refractivity contribution in [2.45, 2.75) is 27.3 Å². The van der Waals surface area contributed by atoms with Crippen molar-refractivity contribution in [2.75, 3.05) is 39.3 Å². The first-order valence-electron chi connectivity index (χ1n) is 8.33. The number of nitrogens with zero attached hydrogens (tertiary/aromatic N) is 2. The van der Waals surface area contributed by atoms with Gasteiger partial charge in [0.1, 0.15) is 5.82 Å². The summed E-state index contributed by atoms with van der Waals surface area (Å²) in [4.78, 5) is 17.0. The zero-order chi connectivity index (χ0) is 16.9. The van der Waals surface area contributed by atoms with E-state index in [0.717, 1.165) is 38.3 Å². The molecule has 0 radical (unpaired) electrons. The topological polar surface area (TPSA) is 35.6 Å². The predicted octanol–water partition coefficient (Wildman–Crippen LogP) is 2.11. The van der Waals surface area contributed by atoms with E-state index in [-0.39, 0.29) is 11.7 Å². The molecule has 0 spiro atoms. The maximum absolute atomic E-state index is 13.1. The molecule has 5 heteroatoms. The smallest absolute Gasteiger partial charge is 0.228 e. The van der Waals surface area contributed by atoms with Crippen LogP contribution < -0.4 is 5.32 Å². The van der Waals surface area contributed by atoms with Gasteiger partial charge in [-0.1, -0.05) is 32.9 Å². The van der Waals surface area contributed by atoms with Crippen molar-refractivity contribution in [2.24, 2.45) is 5.41 Å². The highest BCUT2D eigenvalue weighted by molar-refractivity contribution is 5.81. The number of halogens is 1. The zero-order valence-corrected chi connectivity index (χ0v) is 14.4. The van der Waals surface area contributed by atoms with Gasteiger partial charge in [-0.25, -0.2) is 4.39 Å². The fourth-order valence-electron chi connectivity index (χ4n) is 2.73. The molecule has 0 unspecified atom stereocenters. The molecule has 1 aromatic rings. The summed E-state index contributed by atoms with van der Waals surface area (Å²) in [6, 6.07) is 6.41. The van der Waals surface area contributed by atoms with Gasteiger partial charge < -0.3 is 10.2 Å². The lowest BCUT2D eigenvalue weighted by Gasteiger charge is -2.33. The molecule has 0 aliphatic carbocycles. The Morgan fingerprint density at radius 3 is 2.39 bits per heavy atom. The molecule has 23 heavy (non-hydrogen) atoms. The van der Waals surface area contributed by atoms with Crippen LogP contribution in [0.25, 0.3) is 0 Å². The highest BCUT2D eigenvalue weighted by Crippen LogP contribution is 2.19. The molecule has 2 rings (SSSR count). The Morgan fingerprint density at radius 2 is 1.83 bits per heavy atom. The highest BCUT2D eigenvalue weighted by atomic mass is 19.1. The number of nitrogens with one attached hydrogen (secondary N) is 1. The van der Waals surface area contributed by atoms with Gasteiger partial charge in [0.05, 0.1) is 0 Å². The van der Waals surface area contributed by atoms with E-state index in [2.05, 4.69) is 10.2 Å². The van der Waals surface area contributed by atoms with E-state index in [0.29, 0.717) is 13.1 Å². The van der Waals surface area contributed by atoms with E-state index >= 15 is 0 Å². The van der Waals surface area contributed by atoms with Crippen LogP contribution in [0, 0.1) is 11.2 Å². The van der Waals surface area contributed by atoms with Crippen LogP contribution in [0.15, 0.2) is 24.3 Å². The lowest BCUT2D eigenvalue weighted by atomic mass is 9.94. The van der Waals surface area contributed by atoms with Crippen LogP contribution in [-0.2, 0) is 11.3 Å². The molecule has 0 saturated carbocycles. The molecule has 0 bridgehead atoms. The SMILES string of the molecule is CC(C)(C)C(=O)N(CCN1CCNCC1)Cc1ccc(F)cc1. The average molecular weight is 321 g/mol. The monoisotopic (exact) mass is 321 g/mol. The second-order valence-corrected chi connectivity index (χ2v) is 7.19. The minimum absolute atomic E-state index is 0.136. The standard InChI is InChI=1S/C18H28FN3O/c1-18(2,3)17(23)22(13-12-21-10-8-20-9-11-21)14-15-4-6-16(19)7-5-15/h4-7,20H,8-14H2,1-3H3. The van der Waals surface area contributed by atoms with Crippen LogP contribution in [-0.4, -0.2) is 55.0 Å². The maximum atomic E-state index is 13.1. The summed E-state index contributed by atoms with van der Waals surface area (Å²) in [5.41, 5.74) is 0.549. The van der Waals surface area contributed by atoms with E-state index < -0.39 is 5.41 Å². The molecule has 1 amide bonds. The van der Waals surface area contributed by atoms with Crippen molar-refractivity contribution in [3.8, 4) is 0 Å². The summed E-state index contributed by atoms with van der Waals surface area (Å²) < 4.78 is 13.1. The Kier molecular flexibility index (Phi) is 6.13. The quantitative estimate of drug-likeness (QED) is 0.902. The van der Waals surface area contributed by atoms with Gasteiger partial charge in [-0.3, -0.25) is 9.69 Å². The average Bonchev–Trinajstić information content (AvgIpc) is 2.52. The molecule has 4 nitrogen and oxygen atoms in total. The van der Waals surface area contributed by atoms with Crippen LogP contribution in [0.1, 0.15) is 26.3 Å². The van der Waals surface area contributed by atoms with Crippen LogP contribution >= 0.6 is 0 Å². The number of rotatable bonds is 5. The molecular formula is C18H28FN3O. The minimum atomic E-state index is -0.413. The molecule has 0 aromatic heterocycles. The number of hydrogen-bond donors (Lipinski definition) is 1. The van der Waals surface area contributed by atoms with Crippen molar-refractivity contribution >= 4 is 5.91 Å². The molecule has 1 aromatic carbocycles. The molecule has 0 atom stereocenters. The summed E-state index contributed by atoms with van der Waals surface area (Å²) in [7, 11) is 0. The van der Waals surface area contributed by atoms with Crippen molar-refractivity contribution in [3.05, 3.63) is 35.6 Å². The molecule has 128 valence electrons. The number of carbonyl (C=O) groups is 1. The second-order valence-electron chi connectivity index (χ2n) is 7.19. The fourth-order valence-corrected chi connectivity index (χ4v) is 2.73. The number of benzene rings is 1. The van der Waals surface area contributed by atoms with E-state index in [1.54, 1.807) is 12.1 Å². The largest absolute Gasteiger partial charge is 0.337 e. The summed E-state index contributed by atoms with van der Waals surface area (Å²) >= 11 is 0. The number of amides is 1. The van der Waals surface area contributed by atoms with Crippen LogP contribution in [0.5, 0.6) is 0 Å². The Bertz CT molecular complexity index is 504. The third kappa shape index (κ3) is 5.59. The molecule has 1 heterocycles. The van der Waals surface area contributed by atoms with E-state index in [9.17, 15) is 9.18 Å². The van der Waals surface area contributed by atoms with Gasteiger partial charge in [-0.15, -0.1) is 0 Å². The molecule has 1 saturated heterocycles. The Morgan fingerprint density at radius 1 is 1.22 bits per heavy atom. The van der Waals surface area contributed by atoms with Gasteiger partial charge in [-0.2, -0.15) is 0 Å². The van der Waals surface area contributed by atoms with Gasteiger partial charge in [0.25, 0.3) is 0 Å². The third-order valence-corrected chi connectivity index (χ3v) is 4.11. The highest BCUT2D eigenvalue weighted by Gasteiger charge is 2.27. The van der Waals surface area contributed by atoms with Crippen molar-refractivity contribution in [1.29, 1.82) is 0 Å². The Balaban J connectivity index is 2.01. The first-order valence-corrected chi connectivity index (χ1v) is 8.33. The summed E-state index contributed by atoms with van der Waals surface area (Å²) in [5.74, 6) is -0.111. The fraction of sp³-hybridized carbons (Fsp3) is 0.611. The summed E-state index contributed by atoms with van der Waals surface area (Å²) in [6.45, 7) is 12.0. The van der Waals surface area contributed by atoms with Gasteiger partial charge in [0, 0.05) is 51.2 Å².